The summed E-state index contributed by atoms with van der Waals surface area (Å²) in [5.74, 6) is 0.571. The van der Waals surface area contributed by atoms with E-state index in [-0.39, 0.29) is 5.91 Å². The number of fused-ring (bicyclic) bond motifs is 2. The highest BCUT2D eigenvalue weighted by Gasteiger charge is 2.12. The van der Waals surface area contributed by atoms with Gasteiger partial charge in [0.05, 0.1) is 11.2 Å². The molecule has 0 saturated heterocycles. The Labute approximate surface area is 167 Å². The number of anilines is 1. The van der Waals surface area contributed by atoms with Crippen LogP contribution in [0.1, 0.15) is 16.1 Å². The molecular formula is C24H19N3O2. The summed E-state index contributed by atoms with van der Waals surface area (Å²) in [6, 6.07) is 25.4. The fourth-order valence-electron chi connectivity index (χ4n) is 3.44. The van der Waals surface area contributed by atoms with Crippen LogP contribution in [-0.4, -0.2) is 15.9 Å². The Morgan fingerprint density at radius 2 is 1.79 bits per heavy atom. The van der Waals surface area contributed by atoms with Gasteiger partial charge in [0, 0.05) is 28.6 Å². The van der Waals surface area contributed by atoms with Crippen LogP contribution < -0.4 is 10.1 Å². The minimum Gasteiger partial charge on any atom is -0.489 e. The Kier molecular flexibility index (Phi) is 4.26. The SMILES string of the molecule is O=C(Nc1cccc2cc[nH]c12)c1cc2ccc(OCc3ccccc3)cc2[nH]1. The average molecular weight is 381 g/mol. The number of benzene rings is 3. The Morgan fingerprint density at radius 1 is 0.897 bits per heavy atom. The van der Waals surface area contributed by atoms with Crippen LogP contribution >= 0.6 is 0 Å². The molecule has 29 heavy (non-hydrogen) atoms. The van der Waals surface area contributed by atoms with E-state index in [9.17, 15) is 4.79 Å². The van der Waals surface area contributed by atoms with Crippen LogP contribution in [-0.2, 0) is 6.61 Å². The summed E-state index contributed by atoms with van der Waals surface area (Å²) in [5.41, 5.74) is 4.14. The molecular weight excluding hydrogens is 362 g/mol. The van der Waals surface area contributed by atoms with Crippen LogP contribution in [0.3, 0.4) is 0 Å². The number of nitrogens with one attached hydrogen (secondary N) is 3. The summed E-state index contributed by atoms with van der Waals surface area (Å²) >= 11 is 0. The van der Waals surface area contributed by atoms with Crippen molar-refractivity contribution in [1.82, 2.24) is 9.97 Å². The van der Waals surface area contributed by atoms with Gasteiger partial charge in [0.2, 0.25) is 0 Å². The number of amides is 1. The van der Waals surface area contributed by atoms with Crippen molar-refractivity contribution in [1.29, 1.82) is 0 Å². The van der Waals surface area contributed by atoms with Crippen molar-refractivity contribution in [3.05, 3.63) is 96.3 Å². The number of aromatic amines is 2. The van der Waals surface area contributed by atoms with E-state index in [4.69, 9.17) is 4.74 Å². The zero-order valence-corrected chi connectivity index (χ0v) is 15.6. The van der Waals surface area contributed by atoms with Gasteiger partial charge < -0.3 is 20.0 Å². The lowest BCUT2D eigenvalue weighted by molar-refractivity contribution is 0.102. The molecule has 5 aromatic rings. The predicted molar refractivity (Wildman–Crippen MR) is 115 cm³/mol. The number of aromatic nitrogens is 2. The maximum atomic E-state index is 12.8. The van der Waals surface area contributed by atoms with E-state index in [1.807, 2.05) is 85.1 Å². The number of carbonyl (C=O) groups excluding carboxylic acids is 1. The van der Waals surface area contributed by atoms with Gasteiger partial charge in [0.25, 0.3) is 5.91 Å². The summed E-state index contributed by atoms with van der Waals surface area (Å²) < 4.78 is 5.88. The van der Waals surface area contributed by atoms with Crippen LogP contribution in [0.25, 0.3) is 21.8 Å². The fraction of sp³-hybridized carbons (Fsp3) is 0.0417. The first-order valence-corrected chi connectivity index (χ1v) is 9.43. The fourth-order valence-corrected chi connectivity index (χ4v) is 3.44. The number of carbonyl (C=O) groups is 1. The molecule has 5 rings (SSSR count). The van der Waals surface area contributed by atoms with Crippen molar-refractivity contribution in [2.75, 3.05) is 5.32 Å². The summed E-state index contributed by atoms with van der Waals surface area (Å²) in [4.78, 5) is 19.1. The highest BCUT2D eigenvalue weighted by atomic mass is 16.5. The normalized spacial score (nSPS) is 11.0. The molecule has 2 aromatic heterocycles. The number of ether oxygens (including phenoxy) is 1. The third-order valence-corrected chi connectivity index (χ3v) is 4.92. The monoisotopic (exact) mass is 381 g/mol. The number of hydrogen-bond donors (Lipinski definition) is 3. The van der Waals surface area contributed by atoms with E-state index < -0.39 is 0 Å². The van der Waals surface area contributed by atoms with Crippen molar-refractivity contribution in [2.45, 2.75) is 6.61 Å². The average Bonchev–Trinajstić information content (AvgIpc) is 3.40. The molecule has 0 radical (unpaired) electrons. The standard InChI is InChI=1S/C24H19N3O2/c28-24(27-20-8-4-7-17-11-12-25-23(17)20)22-13-18-9-10-19(14-21(18)26-22)29-15-16-5-2-1-3-6-16/h1-14,25-26H,15H2,(H,27,28). The molecule has 142 valence electrons. The second kappa shape index (κ2) is 7.20. The summed E-state index contributed by atoms with van der Waals surface area (Å²) in [7, 11) is 0. The van der Waals surface area contributed by atoms with E-state index in [1.54, 1.807) is 0 Å². The molecule has 3 N–H and O–H groups in total. The second-order valence-corrected chi connectivity index (χ2v) is 6.91. The van der Waals surface area contributed by atoms with Crippen LogP contribution in [0.5, 0.6) is 5.75 Å². The van der Waals surface area contributed by atoms with Gasteiger partial charge in [0.15, 0.2) is 0 Å². The number of hydrogen-bond acceptors (Lipinski definition) is 2. The Hall–Kier alpha value is -3.99. The quantitative estimate of drug-likeness (QED) is 0.377. The lowest BCUT2D eigenvalue weighted by Gasteiger charge is -2.06. The van der Waals surface area contributed by atoms with E-state index in [2.05, 4.69) is 15.3 Å². The molecule has 1 amide bonds. The smallest absolute Gasteiger partial charge is 0.272 e. The van der Waals surface area contributed by atoms with Crippen LogP contribution in [0.15, 0.2) is 85.1 Å². The molecule has 0 aliphatic rings. The first-order chi connectivity index (χ1) is 14.3. The van der Waals surface area contributed by atoms with Crippen molar-refractivity contribution >= 4 is 33.4 Å². The van der Waals surface area contributed by atoms with Gasteiger partial charge in [-0.3, -0.25) is 4.79 Å². The van der Waals surface area contributed by atoms with Crippen LogP contribution in [0.2, 0.25) is 0 Å². The van der Waals surface area contributed by atoms with Gasteiger partial charge in [-0.2, -0.15) is 0 Å². The highest BCUT2D eigenvalue weighted by molar-refractivity contribution is 6.09. The van der Waals surface area contributed by atoms with Crippen molar-refractivity contribution < 1.29 is 9.53 Å². The topological polar surface area (TPSA) is 69.9 Å². The lowest BCUT2D eigenvalue weighted by atomic mass is 10.2. The first kappa shape index (κ1) is 17.1. The van der Waals surface area contributed by atoms with Crippen molar-refractivity contribution in [3.8, 4) is 5.75 Å². The van der Waals surface area contributed by atoms with Gasteiger partial charge in [-0.25, -0.2) is 0 Å². The zero-order valence-electron chi connectivity index (χ0n) is 15.6. The zero-order chi connectivity index (χ0) is 19.6. The van der Waals surface area contributed by atoms with Crippen molar-refractivity contribution in [2.24, 2.45) is 0 Å². The van der Waals surface area contributed by atoms with E-state index in [0.29, 0.717) is 12.3 Å². The highest BCUT2D eigenvalue weighted by Crippen LogP contribution is 2.25. The predicted octanol–water partition coefficient (Wildman–Crippen LogP) is 5.48. The number of H-pyrrole nitrogens is 2. The van der Waals surface area contributed by atoms with Gasteiger partial charge in [-0.15, -0.1) is 0 Å². The Balaban J connectivity index is 1.35. The Morgan fingerprint density at radius 3 is 2.69 bits per heavy atom. The van der Waals surface area contributed by atoms with Crippen LogP contribution in [0, 0.1) is 0 Å². The van der Waals surface area contributed by atoms with E-state index in [0.717, 1.165) is 38.8 Å². The summed E-state index contributed by atoms with van der Waals surface area (Å²) in [5, 5.41) is 4.99. The second-order valence-electron chi connectivity index (χ2n) is 6.91. The molecule has 0 fully saturated rings. The molecule has 3 aromatic carbocycles. The molecule has 0 spiro atoms. The van der Waals surface area contributed by atoms with Gasteiger partial charge in [-0.05, 0) is 35.9 Å². The minimum atomic E-state index is -0.185. The van der Waals surface area contributed by atoms with Gasteiger partial charge >= 0.3 is 0 Å². The molecule has 0 aliphatic carbocycles. The Bertz CT molecular complexity index is 1300. The molecule has 2 heterocycles. The van der Waals surface area contributed by atoms with E-state index in [1.165, 1.54) is 0 Å². The molecule has 5 heteroatoms. The van der Waals surface area contributed by atoms with Crippen LogP contribution in [0.4, 0.5) is 5.69 Å². The molecule has 0 atom stereocenters. The lowest BCUT2D eigenvalue weighted by Crippen LogP contribution is -2.12. The third-order valence-electron chi connectivity index (χ3n) is 4.92. The molecule has 0 unspecified atom stereocenters. The summed E-state index contributed by atoms with van der Waals surface area (Å²) in [6.07, 6.45) is 1.86. The number of rotatable bonds is 5. The molecule has 0 saturated carbocycles. The minimum absolute atomic E-state index is 0.185. The third kappa shape index (κ3) is 3.46. The van der Waals surface area contributed by atoms with Crippen molar-refractivity contribution in [3.63, 3.8) is 0 Å². The van der Waals surface area contributed by atoms with E-state index >= 15 is 0 Å². The maximum Gasteiger partial charge on any atom is 0.272 e. The molecule has 0 aliphatic heterocycles. The van der Waals surface area contributed by atoms with Gasteiger partial charge in [-0.1, -0.05) is 42.5 Å². The summed E-state index contributed by atoms with van der Waals surface area (Å²) in [6.45, 7) is 0.501. The first-order valence-electron chi connectivity index (χ1n) is 9.43. The maximum absolute atomic E-state index is 12.8. The molecule has 0 bridgehead atoms. The molecule has 5 nitrogen and oxygen atoms in total. The van der Waals surface area contributed by atoms with Gasteiger partial charge in [0.1, 0.15) is 18.1 Å². The largest absolute Gasteiger partial charge is 0.489 e. The number of para-hydroxylation sites is 1.